The predicted octanol–water partition coefficient (Wildman–Crippen LogP) is 3.17. The van der Waals surface area contributed by atoms with Crippen LogP contribution in [-0.4, -0.2) is 42.1 Å². The maximum Gasteiger partial charge on any atom is 0.322 e. The lowest BCUT2D eigenvalue weighted by molar-refractivity contribution is -0.0530. The summed E-state index contributed by atoms with van der Waals surface area (Å²) < 4.78 is 10.5. The maximum absolute atomic E-state index is 12.4. The van der Waals surface area contributed by atoms with E-state index in [1.807, 2.05) is 13.8 Å². The number of carbonyl (C=O) groups excluding carboxylic acids is 2. The first-order chi connectivity index (χ1) is 12.0. The number of benzene rings is 1. The second kappa shape index (κ2) is 7.40. The van der Waals surface area contributed by atoms with Crippen LogP contribution in [-0.2, 0) is 4.74 Å². The van der Waals surface area contributed by atoms with Crippen LogP contribution in [0.1, 0.15) is 24.2 Å². The number of urea groups is 1. The van der Waals surface area contributed by atoms with E-state index in [9.17, 15) is 9.59 Å². The summed E-state index contributed by atoms with van der Waals surface area (Å²) in [5.41, 5.74) is 1.64. The first-order valence-electron chi connectivity index (χ1n) is 8.16. The molecule has 2 aromatic rings. The standard InChI is InChI=1S/C18H21N3O4/c1-12-9-21(10-13(2)25-12)18(23)20-16-5-3-4-15(8-16)19-17(22)14-6-7-24-11-14/h3-8,11-13H,9-10H2,1-2H3,(H,19,22)(H,20,23)/t12-,13-/m1/s1. The molecule has 0 spiro atoms. The van der Waals surface area contributed by atoms with Crippen molar-refractivity contribution in [2.75, 3.05) is 23.7 Å². The van der Waals surface area contributed by atoms with E-state index in [0.717, 1.165) is 0 Å². The van der Waals surface area contributed by atoms with Gasteiger partial charge in [0.15, 0.2) is 0 Å². The summed E-state index contributed by atoms with van der Waals surface area (Å²) in [6, 6.07) is 8.42. The van der Waals surface area contributed by atoms with Gasteiger partial charge in [-0.1, -0.05) is 6.07 Å². The normalized spacial score (nSPS) is 20.2. The number of hydrogen-bond donors (Lipinski definition) is 2. The maximum atomic E-state index is 12.4. The van der Waals surface area contributed by atoms with Gasteiger partial charge in [-0.25, -0.2) is 4.79 Å². The third-order valence-electron chi connectivity index (χ3n) is 3.86. The Balaban J connectivity index is 1.63. The van der Waals surface area contributed by atoms with Crippen molar-refractivity contribution in [1.29, 1.82) is 0 Å². The lowest BCUT2D eigenvalue weighted by Gasteiger charge is -2.35. The van der Waals surface area contributed by atoms with Crippen LogP contribution in [0.25, 0.3) is 0 Å². The minimum absolute atomic E-state index is 0.00934. The number of rotatable bonds is 3. The van der Waals surface area contributed by atoms with Crippen LogP contribution in [0.4, 0.5) is 16.2 Å². The fourth-order valence-corrected chi connectivity index (χ4v) is 2.82. The van der Waals surface area contributed by atoms with Crippen LogP contribution in [0.3, 0.4) is 0 Å². The molecule has 132 valence electrons. The first kappa shape index (κ1) is 17.0. The van der Waals surface area contributed by atoms with E-state index in [1.54, 1.807) is 35.2 Å². The number of amides is 3. The average Bonchev–Trinajstić information content (AvgIpc) is 3.09. The molecule has 0 radical (unpaired) electrons. The summed E-state index contributed by atoms with van der Waals surface area (Å²) in [6.07, 6.45) is 2.84. The van der Waals surface area contributed by atoms with Crippen LogP contribution >= 0.6 is 0 Å². The smallest absolute Gasteiger partial charge is 0.322 e. The Hall–Kier alpha value is -2.80. The monoisotopic (exact) mass is 343 g/mol. The number of hydrogen-bond acceptors (Lipinski definition) is 4. The molecule has 1 aliphatic rings. The average molecular weight is 343 g/mol. The van der Waals surface area contributed by atoms with Crippen molar-refractivity contribution in [3.05, 3.63) is 48.4 Å². The van der Waals surface area contributed by atoms with Crippen molar-refractivity contribution in [3.63, 3.8) is 0 Å². The van der Waals surface area contributed by atoms with Gasteiger partial charge in [0.25, 0.3) is 5.91 Å². The Labute approximate surface area is 145 Å². The molecule has 3 rings (SSSR count). The van der Waals surface area contributed by atoms with Crippen LogP contribution in [0, 0.1) is 0 Å². The van der Waals surface area contributed by atoms with Crippen molar-refractivity contribution in [2.24, 2.45) is 0 Å². The fourth-order valence-electron chi connectivity index (χ4n) is 2.82. The van der Waals surface area contributed by atoms with E-state index in [0.29, 0.717) is 30.0 Å². The van der Waals surface area contributed by atoms with Crippen molar-refractivity contribution < 1.29 is 18.7 Å². The third kappa shape index (κ3) is 4.39. The van der Waals surface area contributed by atoms with Crippen molar-refractivity contribution in [1.82, 2.24) is 4.90 Å². The van der Waals surface area contributed by atoms with Gasteiger partial charge in [0.1, 0.15) is 6.26 Å². The fraction of sp³-hybridized carbons (Fsp3) is 0.333. The summed E-state index contributed by atoms with van der Waals surface area (Å²) in [6.45, 7) is 4.99. The van der Waals surface area contributed by atoms with E-state index < -0.39 is 0 Å². The molecule has 0 aliphatic carbocycles. The third-order valence-corrected chi connectivity index (χ3v) is 3.86. The molecule has 0 bridgehead atoms. The van der Waals surface area contributed by atoms with Crippen molar-refractivity contribution >= 4 is 23.3 Å². The molecule has 2 N–H and O–H groups in total. The number of ether oxygens (including phenoxy) is 1. The minimum atomic E-state index is -0.270. The van der Waals surface area contributed by atoms with Gasteiger partial charge in [-0.05, 0) is 38.1 Å². The second-order valence-corrected chi connectivity index (χ2v) is 6.14. The Morgan fingerprint density at radius 2 is 1.76 bits per heavy atom. The van der Waals surface area contributed by atoms with Crippen molar-refractivity contribution in [2.45, 2.75) is 26.1 Å². The highest BCUT2D eigenvalue weighted by Gasteiger charge is 2.25. The zero-order valence-corrected chi connectivity index (χ0v) is 14.2. The van der Waals surface area contributed by atoms with Crippen LogP contribution in [0.2, 0.25) is 0 Å². The van der Waals surface area contributed by atoms with Gasteiger partial charge in [-0.3, -0.25) is 4.79 Å². The van der Waals surface area contributed by atoms with Gasteiger partial charge in [-0.15, -0.1) is 0 Å². The molecule has 0 unspecified atom stereocenters. The zero-order chi connectivity index (χ0) is 17.8. The van der Waals surface area contributed by atoms with E-state index in [1.165, 1.54) is 12.5 Å². The minimum Gasteiger partial charge on any atom is -0.472 e. The summed E-state index contributed by atoms with van der Waals surface area (Å²) in [7, 11) is 0. The molecule has 0 saturated carbocycles. The second-order valence-electron chi connectivity index (χ2n) is 6.14. The highest BCUT2D eigenvalue weighted by Crippen LogP contribution is 2.18. The summed E-state index contributed by atoms with van der Waals surface area (Å²) in [5, 5.41) is 5.63. The molecule has 1 aliphatic heterocycles. The van der Waals surface area contributed by atoms with Crippen molar-refractivity contribution in [3.8, 4) is 0 Å². The molecule has 1 aromatic heterocycles. The Morgan fingerprint density at radius 3 is 2.40 bits per heavy atom. The zero-order valence-electron chi connectivity index (χ0n) is 14.2. The van der Waals surface area contributed by atoms with E-state index in [-0.39, 0.29) is 24.1 Å². The van der Waals surface area contributed by atoms with Gasteiger partial charge >= 0.3 is 6.03 Å². The summed E-state index contributed by atoms with van der Waals surface area (Å²) in [5.74, 6) is -0.270. The molecule has 7 heteroatoms. The Morgan fingerprint density at radius 1 is 1.08 bits per heavy atom. The largest absolute Gasteiger partial charge is 0.472 e. The highest BCUT2D eigenvalue weighted by atomic mass is 16.5. The van der Waals surface area contributed by atoms with Crippen LogP contribution < -0.4 is 10.6 Å². The number of nitrogens with one attached hydrogen (secondary N) is 2. The highest BCUT2D eigenvalue weighted by molar-refractivity contribution is 6.04. The molecule has 25 heavy (non-hydrogen) atoms. The number of morpholine rings is 1. The van der Waals surface area contributed by atoms with Gasteiger partial charge in [-0.2, -0.15) is 0 Å². The molecule has 2 atom stereocenters. The molecule has 1 saturated heterocycles. The Bertz CT molecular complexity index is 735. The molecule has 1 aromatic carbocycles. The molecular weight excluding hydrogens is 322 g/mol. The lowest BCUT2D eigenvalue weighted by atomic mass is 10.2. The predicted molar refractivity (Wildman–Crippen MR) is 93.7 cm³/mol. The first-order valence-corrected chi connectivity index (χ1v) is 8.16. The summed E-state index contributed by atoms with van der Waals surface area (Å²) in [4.78, 5) is 26.2. The number of anilines is 2. The van der Waals surface area contributed by atoms with Gasteiger partial charge in [0.2, 0.25) is 0 Å². The SMILES string of the molecule is C[C@@H]1CN(C(=O)Nc2cccc(NC(=O)c3ccoc3)c2)C[C@@H](C)O1. The number of furan rings is 1. The Kier molecular flexibility index (Phi) is 5.04. The van der Waals surface area contributed by atoms with Gasteiger partial charge in [0.05, 0.1) is 24.0 Å². The lowest BCUT2D eigenvalue weighted by Crippen LogP contribution is -2.49. The van der Waals surface area contributed by atoms with Gasteiger partial charge < -0.3 is 24.7 Å². The number of nitrogens with zero attached hydrogens (tertiary/aromatic N) is 1. The molecule has 1 fully saturated rings. The van der Waals surface area contributed by atoms with Crippen LogP contribution in [0.5, 0.6) is 0 Å². The van der Waals surface area contributed by atoms with Gasteiger partial charge in [0, 0.05) is 24.5 Å². The molecular formula is C18H21N3O4. The molecule has 2 heterocycles. The quantitative estimate of drug-likeness (QED) is 0.896. The van der Waals surface area contributed by atoms with E-state index in [2.05, 4.69) is 10.6 Å². The number of carbonyl (C=O) groups is 2. The molecule has 7 nitrogen and oxygen atoms in total. The van der Waals surface area contributed by atoms with Crippen LogP contribution in [0.15, 0.2) is 47.3 Å². The topological polar surface area (TPSA) is 83.8 Å². The summed E-state index contributed by atoms with van der Waals surface area (Å²) >= 11 is 0. The van der Waals surface area contributed by atoms with E-state index in [4.69, 9.17) is 9.15 Å². The molecule has 3 amide bonds. The van der Waals surface area contributed by atoms with E-state index >= 15 is 0 Å².